The summed E-state index contributed by atoms with van der Waals surface area (Å²) in [7, 11) is 0. The average molecular weight is 340 g/mol. The van der Waals surface area contributed by atoms with Crippen LogP contribution in [0.4, 0.5) is 10.5 Å². The zero-order chi connectivity index (χ0) is 17.2. The van der Waals surface area contributed by atoms with Crippen LogP contribution in [-0.4, -0.2) is 32.3 Å². The summed E-state index contributed by atoms with van der Waals surface area (Å²) in [5, 5.41) is 18.0. The Bertz CT molecular complexity index is 736. The summed E-state index contributed by atoms with van der Waals surface area (Å²) in [5.74, 6) is 1.33. The SMILES string of the molecule is CC1CCCCC1NC(=O)Nc1ccc(-c2nnnn2C2CC2)cc1. The van der Waals surface area contributed by atoms with Gasteiger partial charge >= 0.3 is 6.03 Å². The molecule has 25 heavy (non-hydrogen) atoms. The van der Waals surface area contributed by atoms with Crippen LogP contribution in [0.15, 0.2) is 24.3 Å². The first-order chi connectivity index (χ1) is 12.2. The van der Waals surface area contributed by atoms with E-state index in [1.54, 1.807) is 0 Å². The van der Waals surface area contributed by atoms with Crippen molar-refractivity contribution in [2.45, 2.75) is 57.5 Å². The van der Waals surface area contributed by atoms with Crippen molar-refractivity contribution in [2.75, 3.05) is 5.32 Å². The predicted octanol–water partition coefficient (Wildman–Crippen LogP) is 3.38. The second kappa shape index (κ2) is 6.82. The number of anilines is 1. The Labute approximate surface area is 147 Å². The average Bonchev–Trinajstić information content (AvgIpc) is 3.35. The van der Waals surface area contributed by atoms with Crippen molar-refractivity contribution in [3.8, 4) is 11.4 Å². The van der Waals surface area contributed by atoms with Crippen molar-refractivity contribution < 1.29 is 4.79 Å². The molecule has 0 saturated heterocycles. The van der Waals surface area contributed by atoms with Gasteiger partial charge in [0.15, 0.2) is 5.82 Å². The Morgan fingerprint density at radius 1 is 1.12 bits per heavy atom. The molecule has 2 atom stereocenters. The molecule has 2 N–H and O–H groups in total. The lowest BCUT2D eigenvalue weighted by Gasteiger charge is -2.29. The number of carbonyl (C=O) groups excluding carboxylic acids is 1. The smallest absolute Gasteiger partial charge is 0.319 e. The predicted molar refractivity (Wildman–Crippen MR) is 95.1 cm³/mol. The fourth-order valence-corrected chi connectivity index (χ4v) is 3.52. The van der Waals surface area contributed by atoms with E-state index >= 15 is 0 Å². The van der Waals surface area contributed by atoms with Gasteiger partial charge in [-0.2, -0.15) is 0 Å². The first kappa shape index (κ1) is 16.1. The maximum absolute atomic E-state index is 12.2. The number of benzene rings is 1. The topological polar surface area (TPSA) is 84.7 Å². The van der Waals surface area contributed by atoms with E-state index < -0.39 is 0 Å². The van der Waals surface area contributed by atoms with Crippen molar-refractivity contribution in [3.05, 3.63) is 24.3 Å². The van der Waals surface area contributed by atoms with E-state index in [0.29, 0.717) is 12.0 Å². The number of nitrogens with one attached hydrogen (secondary N) is 2. The fraction of sp³-hybridized carbons (Fsp3) is 0.556. The van der Waals surface area contributed by atoms with E-state index in [2.05, 4.69) is 33.1 Å². The molecule has 0 spiro atoms. The number of aromatic nitrogens is 4. The minimum Gasteiger partial charge on any atom is -0.335 e. The van der Waals surface area contributed by atoms with E-state index in [0.717, 1.165) is 36.3 Å². The highest BCUT2D eigenvalue weighted by Gasteiger charge is 2.28. The lowest BCUT2D eigenvalue weighted by Crippen LogP contribution is -2.43. The number of amides is 2. The Hall–Kier alpha value is -2.44. The molecular formula is C18H24N6O. The van der Waals surface area contributed by atoms with E-state index in [9.17, 15) is 4.79 Å². The molecule has 0 radical (unpaired) electrons. The molecule has 2 aliphatic rings. The maximum Gasteiger partial charge on any atom is 0.319 e. The first-order valence-corrected chi connectivity index (χ1v) is 9.16. The second-order valence-corrected chi connectivity index (χ2v) is 7.22. The molecule has 7 heteroatoms. The van der Waals surface area contributed by atoms with Gasteiger partial charge in [0, 0.05) is 17.3 Å². The monoisotopic (exact) mass is 340 g/mol. The number of hydrogen-bond donors (Lipinski definition) is 2. The van der Waals surface area contributed by atoms with Gasteiger partial charge in [-0.3, -0.25) is 0 Å². The lowest BCUT2D eigenvalue weighted by atomic mass is 9.86. The summed E-state index contributed by atoms with van der Waals surface area (Å²) in [6.45, 7) is 2.21. The standard InChI is InChI=1S/C18H24N6O/c1-12-4-2-3-5-16(12)20-18(25)19-14-8-6-13(7-9-14)17-21-22-23-24(17)15-10-11-15/h6-9,12,15-16H,2-5,10-11H2,1H3,(H2,19,20,25). The molecule has 2 saturated carbocycles. The Morgan fingerprint density at radius 2 is 1.88 bits per heavy atom. The molecule has 2 aromatic rings. The molecule has 132 valence electrons. The highest BCUT2D eigenvalue weighted by molar-refractivity contribution is 5.89. The van der Waals surface area contributed by atoms with Crippen molar-refractivity contribution in [3.63, 3.8) is 0 Å². The van der Waals surface area contributed by atoms with Gasteiger partial charge in [-0.15, -0.1) is 5.10 Å². The van der Waals surface area contributed by atoms with Crippen molar-refractivity contribution in [1.29, 1.82) is 0 Å². The van der Waals surface area contributed by atoms with Crippen LogP contribution in [0.2, 0.25) is 0 Å². The second-order valence-electron chi connectivity index (χ2n) is 7.22. The molecule has 1 aromatic heterocycles. The molecule has 1 aromatic carbocycles. The Morgan fingerprint density at radius 3 is 2.60 bits per heavy atom. The quantitative estimate of drug-likeness (QED) is 0.893. The maximum atomic E-state index is 12.2. The lowest BCUT2D eigenvalue weighted by molar-refractivity contribution is 0.232. The van der Waals surface area contributed by atoms with Gasteiger partial charge in [0.05, 0.1) is 6.04 Å². The number of nitrogens with zero attached hydrogens (tertiary/aromatic N) is 4. The van der Waals surface area contributed by atoms with Gasteiger partial charge in [0.25, 0.3) is 0 Å². The van der Waals surface area contributed by atoms with E-state index in [1.807, 2.05) is 28.9 Å². The van der Waals surface area contributed by atoms with Crippen LogP contribution >= 0.6 is 0 Å². The molecule has 1 heterocycles. The van der Waals surface area contributed by atoms with Crippen molar-refractivity contribution in [1.82, 2.24) is 25.5 Å². The van der Waals surface area contributed by atoms with Crippen LogP contribution in [0.25, 0.3) is 11.4 Å². The molecular weight excluding hydrogens is 316 g/mol. The van der Waals surface area contributed by atoms with Crippen LogP contribution in [0, 0.1) is 5.92 Å². The fourth-order valence-electron chi connectivity index (χ4n) is 3.52. The summed E-state index contributed by atoms with van der Waals surface area (Å²) in [4.78, 5) is 12.2. The summed E-state index contributed by atoms with van der Waals surface area (Å²) >= 11 is 0. The third-order valence-corrected chi connectivity index (χ3v) is 5.21. The van der Waals surface area contributed by atoms with Gasteiger partial charge in [0.2, 0.25) is 0 Å². The first-order valence-electron chi connectivity index (χ1n) is 9.16. The third kappa shape index (κ3) is 3.65. The Kier molecular flexibility index (Phi) is 4.38. The molecule has 2 unspecified atom stereocenters. The molecule has 2 aliphatic carbocycles. The van der Waals surface area contributed by atoms with Gasteiger partial charge in [0.1, 0.15) is 0 Å². The zero-order valence-corrected chi connectivity index (χ0v) is 14.5. The van der Waals surface area contributed by atoms with Crippen LogP contribution < -0.4 is 10.6 Å². The zero-order valence-electron chi connectivity index (χ0n) is 14.5. The van der Waals surface area contributed by atoms with Crippen molar-refractivity contribution in [2.24, 2.45) is 5.92 Å². The van der Waals surface area contributed by atoms with E-state index in [-0.39, 0.29) is 12.1 Å². The number of rotatable bonds is 4. The number of urea groups is 1. The minimum atomic E-state index is -0.130. The molecule has 2 amide bonds. The molecule has 2 fully saturated rings. The van der Waals surface area contributed by atoms with Crippen LogP contribution in [0.1, 0.15) is 51.5 Å². The van der Waals surface area contributed by atoms with E-state index in [4.69, 9.17) is 0 Å². The number of tetrazole rings is 1. The minimum absolute atomic E-state index is 0.130. The summed E-state index contributed by atoms with van der Waals surface area (Å²) < 4.78 is 1.89. The summed E-state index contributed by atoms with van der Waals surface area (Å²) in [6.07, 6.45) is 6.99. The number of carbonyl (C=O) groups is 1. The van der Waals surface area contributed by atoms with Gasteiger partial charge in [-0.05, 0) is 66.3 Å². The molecule has 0 aliphatic heterocycles. The van der Waals surface area contributed by atoms with Crippen LogP contribution in [0.5, 0.6) is 0 Å². The highest BCUT2D eigenvalue weighted by atomic mass is 16.2. The largest absolute Gasteiger partial charge is 0.335 e. The van der Waals surface area contributed by atoms with E-state index in [1.165, 1.54) is 19.3 Å². The number of hydrogen-bond acceptors (Lipinski definition) is 4. The van der Waals surface area contributed by atoms with Gasteiger partial charge in [-0.1, -0.05) is 19.8 Å². The van der Waals surface area contributed by atoms with Crippen molar-refractivity contribution >= 4 is 11.7 Å². The molecule has 4 rings (SSSR count). The normalized spacial score (nSPS) is 23.2. The van der Waals surface area contributed by atoms with Gasteiger partial charge in [-0.25, -0.2) is 9.48 Å². The molecule has 0 bridgehead atoms. The van der Waals surface area contributed by atoms with Crippen LogP contribution in [-0.2, 0) is 0 Å². The van der Waals surface area contributed by atoms with Crippen LogP contribution in [0.3, 0.4) is 0 Å². The molecule has 7 nitrogen and oxygen atoms in total. The highest BCUT2D eigenvalue weighted by Crippen LogP contribution is 2.36. The van der Waals surface area contributed by atoms with Gasteiger partial charge < -0.3 is 10.6 Å². The summed E-state index contributed by atoms with van der Waals surface area (Å²) in [6, 6.07) is 8.26. The third-order valence-electron chi connectivity index (χ3n) is 5.21. The summed E-state index contributed by atoms with van der Waals surface area (Å²) in [5.41, 5.74) is 1.74. The Balaban J connectivity index is 1.38.